The number of carbonyl (C=O) groups is 2. The van der Waals surface area contributed by atoms with Crippen molar-refractivity contribution in [3.05, 3.63) is 65.7 Å². The Labute approximate surface area is 246 Å². The Morgan fingerprint density at radius 2 is 1.69 bits per heavy atom. The third kappa shape index (κ3) is 7.02. The molecule has 1 amide bonds. The highest BCUT2D eigenvalue weighted by Gasteiger charge is 2.58. The summed E-state index contributed by atoms with van der Waals surface area (Å²) in [6, 6.07) is 12.7. The molecular weight excluding hydrogens is 547 g/mol. The van der Waals surface area contributed by atoms with Crippen molar-refractivity contribution in [2.24, 2.45) is 17.3 Å². The molecule has 1 unspecified atom stereocenters. The number of alkyl halides is 3. The monoisotopic (exact) mass is 589 g/mol. The Balaban J connectivity index is 1.62. The Morgan fingerprint density at radius 1 is 1.05 bits per heavy atom. The van der Waals surface area contributed by atoms with Crippen LogP contribution in [0.5, 0.6) is 0 Å². The van der Waals surface area contributed by atoms with E-state index in [1.807, 2.05) is 51.1 Å². The summed E-state index contributed by atoms with van der Waals surface area (Å²) in [5.41, 5.74) is 0.427. The topological polar surface area (TPSA) is 82.1 Å². The lowest BCUT2D eigenvalue weighted by Gasteiger charge is -2.38. The lowest BCUT2D eigenvalue weighted by molar-refractivity contribution is -0.145. The number of hydrogen-bond acceptors (Lipinski definition) is 5. The number of carbonyl (C=O) groups excluding carboxylic acids is 1. The van der Waals surface area contributed by atoms with Crippen LogP contribution in [0.25, 0.3) is 0 Å². The predicted octanol–water partition coefficient (Wildman–Crippen LogP) is 6.60. The molecule has 4 rings (SSSR count). The van der Waals surface area contributed by atoms with E-state index in [4.69, 9.17) is 4.74 Å². The van der Waals surface area contributed by atoms with E-state index in [9.17, 15) is 27.9 Å². The average Bonchev–Trinajstić information content (AvgIpc) is 3.28. The fraction of sp³-hybridized carbons (Fsp3) is 0.562. The Morgan fingerprint density at radius 3 is 2.24 bits per heavy atom. The zero-order valence-corrected chi connectivity index (χ0v) is 24.9. The summed E-state index contributed by atoms with van der Waals surface area (Å²) < 4.78 is 44.8. The normalized spacial score (nSPS) is 25.1. The van der Waals surface area contributed by atoms with E-state index < -0.39 is 53.3 Å². The van der Waals surface area contributed by atoms with Crippen molar-refractivity contribution >= 4 is 17.7 Å². The van der Waals surface area contributed by atoms with Crippen molar-refractivity contribution in [3.63, 3.8) is 0 Å². The van der Waals surface area contributed by atoms with E-state index in [1.165, 1.54) is 17.0 Å². The first-order chi connectivity index (χ1) is 19.7. The fourth-order valence-electron chi connectivity index (χ4n) is 6.57. The number of likely N-dealkylation sites (tertiary alicyclic amines) is 1. The minimum absolute atomic E-state index is 0.179. The van der Waals surface area contributed by atoms with Crippen molar-refractivity contribution < 1.29 is 32.6 Å². The number of halogens is 3. The maximum absolute atomic E-state index is 13.5. The maximum Gasteiger partial charge on any atom is 0.416 e. The van der Waals surface area contributed by atoms with Crippen molar-refractivity contribution in [1.82, 2.24) is 10.2 Å². The summed E-state index contributed by atoms with van der Waals surface area (Å²) in [5, 5.41) is 14.2. The molecule has 230 valence electrons. The quantitative estimate of drug-likeness (QED) is 0.379. The largest absolute Gasteiger partial charge is 0.480 e. The molecule has 42 heavy (non-hydrogen) atoms. The smallest absolute Gasteiger partial charge is 0.416 e. The predicted molar refractivity (Wildman–Crippen MR) is 155 cm³/mol. The van der Waals surface area contributed by atoms with Gasteiger partial charge in [0.1, 0.15) is 6.04 Å². The van der Waals surface area contributed by atoms with E-state index >= 15 is 0 Å². The van der Waals surface area contributed by atoms with Crippen LogP contribution in [0.15, 0.2) is 54.6 Å². The first-order valence-electron chi connectivity index (χ1n) is 14.6. The fourth-order valence-corrected chi connectivity index (χ4v) is 6.57. The highest BCUT2D eigenvalue weighted by molar-refractivity contribution is 5.82. The molecule has 2 heterocycles. The molecule has 0 aromatic heterocycles. The molecule has 2 aromatic rings. The Hall–Kier alpha value is -3.27. The third-order valence-corrected chi connectivity index (χ3v) is 8.33. The van der Waals surface area contributed by atoms with Crippen LogP contribution in [-0.2, 0) is 15.7 Å². The highest BCUT2D eigenvalue weighted by atomic mass is 19.4. The van der Waals surface area contributed by atoms with Gasteiger partial charge in [-0.15, -0.1) is 0 Å². The molecule has 2 aliphatic heterocycles. The van der Waals surface area contributed by atoms with E-state index in [1.54, 1.807) is 13.8 Å². The van der Waals surface area contributed by atoms with Crippen LogP contribution < -0.4 is 10.2 Å². The van der Waals surface area contributed by atoms with Crippen LogP contribution in [0.1, 0.15) is 64.6 Å². The number of hydrogen-bond donors (Lipinski definition) is 2. The lowest BCUT2D eigenvalue weighted by atomic mass is 9.72. The van der Waals surface area contributed by atoms with E-state index in [0.717, 1.165) is 42.8 Å². The van der Waals surface area contributed by atoms with Crippen LogP contribution in [0.2, 0.25) is 0 Å². The van der Waals surface area contributed by atoms with E-state index in [-0.39, 0.29) is 12.0 Å². The van der Waals surface area contributed by atoms with Gasteiger partial charge in [0, 0.05) is 37.3 Å². The molecule has 2 aliphatic rings. The molecule has 0 bridgehead atoms. The zero-order chi connectivity index (χ0) is 30.8. The molecule has 0 aliphatic carbocycles. The van der Waals surface area contributed by atoms with Crippen molar-refractivity contribution in [3.8, 4) is 0 Å². The number of rotatable bonds is 7. The molecule has 5 atom stereocenters. The van der Waals surface area contributed by atoms with Gasteiger partial charge in [-0.2, -0.15) is 13.2 Å². The SMILES string of the molecule is CC(C)OC(=O)N1[C@H](C(=O)O)[C@@H](C(C)(C)C)[C@H](NCC2CCCN(c3ccc(C(F)(F)F)cc3)C2)[C@@H]1c1ccccc1. The van der Waals surface area contributed by atoms with Gasteiger partial charge in [0.15, 0.2) is 0 Å². The van der Waals surface area contributed by atoms with Gasteiger partial charge < -0.3 is 20.1 Å². The van der Waals surface area contributed by atoms with Crippen LogP contribution in [0.3, 0.4) is 0 Å². The number of carboxylic acids is 1. The van der Waals surface area contributed by atoms with Crippen molar-refractivity contribution in [1.29, 1.82) is 0 Å². The zero-order valence-electron chi connectivity index (χ0n) is 24.9. The number of aliphatic carboxylic acids is 1. The third-order valence-electron chi connectivity index (χ3n) is 8.33. The summed E-state index contributed by atoms with van der Waals surface area (Å²) in [6.45, 7) is 11.4. The second-order valence-electron chi connectivity index (χ2n) is 12.8. The minimum atomic E-state index is -4.38. The number of amides is 1. The van der Waals surface area contributed by atoms with Gasteiger partial charge in [-0.25, -0.2) is 9.59 Å². The number of nitrogens with one attached hydrogen (secondary N) is 1. The van der Waals surface area contributed by atoms with Gasteiger partial charge >= 0.3 is 18.2 Å². The second kappa shape index (κ2) is 12.5. The van der Waals surface area contributed by atoms with Gasteiger partial charge in [-0.05, 0) is 67.9 Å². The Kier molecular flexibility index (Phi) is 9.45. The minimum Gasteiger partial charge on any atom is -0.480 e. The van der Waals surface area contributed by atoms with Gasteiger partial charge in [0.2, 0.25) is 0 Å². The van der Waals surface area contributed by atoms with Gasteiger partial charge in [-0.3, -0.25) is 4.90 Å². The molecule has 0 spiro atoms. The molecular formula is C32H42F3N3O4. The summed E-state index contributed by atoms with van der Waals surface area (Å²) in [5.74, 6) is -1.33. The molecule has 2 saturated heterocycles. The molecule has 2 fully saturated rings. The van der Waals surface area contributed by atoms with Crippen LogP contribution in [0, 0.1) is 17.3 Å². The number of anilines is 1. The standard InChI is InChI=1S/C32H42F3N3O4/c1-20(2)42-30(41)38-27(22-11-7-6-8-12-22)26(25(31(3,4)5)28(38)29(39)40)36-18-21-10-9-17-37(19-21)24-15-13-23(14-16-24)32(33,34)35/h6-8,11-16,20-21,25-28,36H,9-10,17-19H2,1-5H3,(H,39,40)/t21?,25-,26-,27-,28-/m0/s1. The summed E-state index contributed by atoms with van der Waals surface area (Å²) >= 11 is 0. The molecule has 7 nitrogen and oxygen atoms in total. The second-order valence-corrected chi connectivity index (χ2v) is 12.8. The summed E-state index contributed by atoms with van der Waals surface area (Å²) in [4.78, 5) is 29.8. The number of carboxylic acid groups (broad SMARTS) is 1. The van der Waals surface area contributed by atoms with Crippen molar-refractivity contribution in [2.75, 3.05) is 24.5 Å². The average molecular weight is 590 g/mol. The number of nitrogens with zero attached hydrogens (tertiary/aromatic N) is 2. The number of ether oxygens (including phenoxy) is 1. The molecule has 2 aromatic carbocycles. The molecule has 0 radical (unpaired) electrons. The lowest BCUT2D eigenvalue weighted by Crippen LogP contribution is -2.49. The molecule has 2 N–H and O–H groups in total. The van der Waals surface area contributed by atoms with E-state index in [2.05, 4.69) is 10.2 Å². The molecule has 0 saturated carbocycles. The van der Waals surface area contributed by atoms with Crippen LogP contribution >= 0.6 is 0 Å². The summed E-state index contributed by atoms with van der Waals surface area (Å²) in [7, 11) is 0. The van der Waals surface area contributed by atoms with E-state index in [0.29, 0.717) is 13.1 Å². The summed E-state index contributed by atoms with van der Waals surface area (Å²) in [6.07, 6.45) is -3.64. The van der Waals surface area contributed by atoms with Crippen molar-refractivity contribution in [2.45, 2.75) is 77.9 Å². The highest BCUT2D eigenvalue weighted by Crippen LogP contribution is 2.48. The van der Waals surface area contributed by atoms with Gasteiger partial charge in [0.25, 0.3) is 0 Å². The van der Waals surface area contributed by atoms with Crippen LogP contribution in [0.4, 0.5) is 23.7 Å². The first kappa shape index (κ1) is 31.7. The van der Waals surface area contributed by atoms with Gasteiger partial charge in [0.05, 0.1) is 17.7 Å². The first-order valence-corrected chi connectivity index (χ1v) is 14.6. The maximum atomic E-state index is 13.5. The Bertz CT molecular complexity index is 1210. The molecule has 10 heteroatoms. The van der Waals surface area contributed by atoms with Crippen LogP contribution in [-0.4, -0.2) is 59.9 Å². The van der Waals surface area contributed by atoms with Gasteiger partial charge in [-0.1, -0.05) is 51.1 Å². The number of benzene rings is 2. The number of piperidine rings is 1.